The zero-order valence-electron chi connectivity index (χ0n) is 20.6. The molecule has 10 heteroatoms. The fourth-order valence-electron chi connectivity index (χ4n) is 3.98. The Bertz CT molecular complexity index is 1310. The Labute approximate surface area is 209 Å². The lowest BCUT2D eigenvalue weighted by atomic mass is 10.1. The average Bonchev–Trinajstić information content (AvgIpc) is 3.56. The van der Waals surface area contributed by atoms with Crippen LogP contribution in [0.15, 0.2) is 54.7 Å². The van der Waals surface area contributed by atoms with Crippen LogP contribution in [-0.4, -0.2) is 49.2 Å². The maximum atomic E-state index is 13.9. The Morgan fingerprint density at radius 2 is 1.92 bits per heavy atom. The van der Waals surface area contributed by atoms with Gasteiger partial charge in [0, 0.05) is 13.0 Å². The number of aromatic amines is 1. The van der Waals surface area contributed by atoms with Crippen LogP contribution in [0.4, 0.5) is 5.95 Å². The van der Waals surface area contributed by atoms with Gasteiger partial charge in [-0.15, -0.1) is 5.10 Å². The van der Waals surface area contributed by atoms with E-state index in [9.17, 15) is 9.59 Å². The van der Waals surface area contributed by atoms with Gasteiger partial charge in [0.25, 0.3) is 11.9 Å². The predicted molar refractivity (Wildman–Crippen MR) is 134 cm³/mol. The summed E-state index contributed by atoms with van der Waals surface area (Å²) in [6, 6.07) is 15.1. The number of anilines is 1. The minimum absolute atomic E-state index is 0.187. The van der Waals surface area contributed by atoms with Gasteiger partial charge in [0.15, 0.2) is 0 Å². The number of unbranched alkanes of at least 4 members (excludes halogenated alkanes) is 1. The summed E-state index contributed by atoms with van der Waals surface area (Å²) in [6.45, 7) is 4.82. The van der Waals surface area contributed by atoms with Crippen molar-refractivity contribution in [3.05, 3.63) is 88.5 Å². The summed E-state index contributed by atoms with van der Waals surface area (Å²) in [6.07, 6.45) is 4.31. The van der Waals surface area contributed by atoms with Crippen LogP contribution >= 0.6 is 0 Å². The maximum Gasteiger partial charge on any atom is 0.337 e. The van der Waals surface area contributed by atoms with E-state index in [0.29, 0.717) is 17.8 Å². The van der Waals surface area contributed by atoms with E-state index >= 15 is 0 Å². The van der Waals surface area contributed by atoms with Crippen molar-refractivity contribution in [1.82, 2.24) is 30.2 Å². The summed E-state index contributed by atoms with van der Waals surface area (Å²) in [4.78, 5) is 31.8. The molecule has 0 fully saturated rings. The molecule has 0 bridgehead atoms. The number of esters is 1. The topological polar surface area (TPSA) is 119 Å². The Morgan fingerprint density at radius 3 is 2.58 bits per heavy atom. The van der Waals surface area contributed by atoms with Gasteiger partial charge >= 0.3 is 5.97 Å². The smallest absolute Gasteiger partial charge is 0.337 e. The summed E-state index contributed by atoms with van der Waals surface area (Å²) < 4.78 is 6.72. The molecule has 2 heterocycles. The zero-order valence-corrected chi connectivity index (χ0v) is 20.6. The molecule has 36 heavy (non-hydrogen) atoms. The second-order valence-electron chi connectivity index (χ2n) is 8.53. The lowest BCUT2D eigenvalue weighted by Gasteiger charge is -2.20. The normalized spacial score (nSPS) is 10.9. The Balaban J connectivity index is 1.68. The molecular weight excluding hydrogens is 458 g/mol. The molecule has 0 aliphatic carbocycles. The molecule has 0 aliphatic heterocycles. The molecule has 4 rings (SSSR count). The number of aryl methyl sites for hydroxylation is 2. The highest BCUT2D eigenvalue weighted by atomic mass is 16.5. The van der Waals surface area contributed by atoms with Crippen molar-refractivity contribution < 1.29 is 14.3 Å². The van der Waals surface area contributed by atoms with E-state index in [1.165, 1.54) is 12.0 Å². The van der Waals surface area contributed by atoms with Crippen LogP contribution in [-0.2, 0) is 24.2 Å². The van der Waals surface area contributed by atoms with Crippen molar-refractivity contribution in [2.45, 2.75) is 46.2 Å². The van der Waals surface area contributed by atoms with Gasteiger partial charge in [-0.3, -0.25) is 9.69 Å². The number of ether oxygens (including phenoxy) is 1. The molecule has 2 aromatic carbocycles. The fraction of sp³-hybridized carbons (Fsp3) is 0.308. The second kappa shape index (κ2) is 11.4. The van der Waals surface area contributed by atoms with Crippen molar-refractivity contribution in [2.75, 3.05) is 12.0 Å². The third-order valence-corrected chi connectivity index (χ3v) is 5.87. The quantitative estimate of drug-likeness (QED) is 0.339. The first-order chi connectivity index (χ1) is 17.5. The summed E-state index contributed by atoms with van der Waals surface area (Å²) >= 11 is 0. The third-order valence-electron chi connectivity index (χ3n) is 5.87. The summed E-state index contributed by atoms with van der Waals surface area (Å²) in [5.41, 5.74) is 3.86. The highest BCUT2D eigenvalue weighted by molar-refractivity contribution is 6.03. The molecule has 10 nitrogen and oxygen atoms in total. The van der Waals surface area contributed by atoms with Crippen LogP contribution in [0.5, 0.6) is 0 Å². The molecule has 1 amide bonds. The second-order valence-corrected chi connectivity index (χ2v) is 8.53. The van der Waals surface area contributed by atoms with Crippen molar-refractivity contribution in [1.29, 1.82) is 0 Å². The molecule has 4 aromatic rings. The molecule has 0 radical (unpaired) electrons. The lowest BCUT2D eigenvalue weighted by molar-refractivity contribution is 0.0600. The largest absolute Gasteiger partial charge is 0.465 e. The number of benzene rings is 2. The van der Waals surface area contributed by atoms with E-state index in [2.05, 4.69) is 32.5 Å². The van der Waals surface area contributed by atoms with Crippen LogP contribution < -0.4 is 4.90 Å². The van der Waals surface area contributed by atoms with Crippen molar-refractivity contribution in [2.24, 2.45) is 0 Å². The average molecular weight is 488 g/mol. The summed E-state index contributed by atoms with van der Waals surface area (Å²) in [7, 11) is 1.35. The highest BCUT2D eigenvalue weighted by Gasteiger charge is 2.26. The van der Waals surface area contributed by atoms with Gasteiger partial charge in [-0.1, -0.05) is 60.4 Å². The van der Waals surface area contributed by atoms with Crippen LogP contribution in [0.2, 0.25) is 0 Å². The number of nitrogens with zero attached hydrogens (tertiary/aromatic N) is 6. The molecule has 0 unspecified atom stereocenters. The first-order valence-corrected chi connectivity index (χ1v) is 11.8. The number of H-pyrrole nitrogens is 1. The number of hydrogen-bond donors (Lipinski definition) is 1. The Morgan fingerprint density at radius 1 is 1.11 bits per heavy atom. The Kier molecular flexibility index (Phi) is 7.84. The van der Waals surface area contributed by atoms with Crippen molar-refractivity contribution >= 4 is 17.8 Å². The maximum absolute atomic E-state index is 13.9. The van der Waals surface area contributed by atoms with E-state index in [-0.39, 0.29) is 18.4 Å². The predicted octanol–water partition coefficient (Wildman–Crippen LogP) is 3.73. The number of methoxy groups -OCH3 is 1. The molecule has 186 valence electrons. The van der Waals surface area contributed by atoms with Crippen LogP contribution in [0.25, 0.3) is 0 Å². The van der Waals surface area contributed by atoms with Crippen LogP contribution in [0, 0.1) is 6.92 Å². The molecule has 0 saturated carbocycles. The molecule has 0 saturated heterocycles. The van der Waals surface area contributed by atoms with Gasteiger partial charge in [0.05, 0.1) is 25.4 Å². The number of amides is 1. The number of carbonyl (C=O) groups excluding carboxylic acids is 2. The van der Waals surface area contributed by atoms with E-state index in [1.807, 2.05) is 47.9 Å². The number of carbonyl (C=O) groups is 2. The number of rotatable bonds is 10. The van der Waals surface area contributed by atoms with Crippen LogP contribution in [0.1, 0.15) is 63.1 Å². The minimum Gasteiger partial charge on any atom is -0.465 e. The molecule has 0 aliphatic rings. The van der Waals surface area contributed by atoms with Gasteiger partial charge in [-0.05, 0) is 41.8 Å². The molecular formula is C26H29N7O3. The molecule has 1 N–H and O–H groups in total. The lowest BCUT2D eigenvalue weighted by Crippen LogP contribution is -2.33. The van der Waals surface area contributed by atoms with Gasteiger partial charge in [-0.2, -0.15) is 5.21 Å². The first-order valence-electron chi connectivity index (χ1n) is 11.8. The third kappa shape index (κ3) is 5.65. The van der Waals surface area contributed by atoms with Gasteiger partial charge in [0.1, 0.15) is 11.5 Å². The van der Waals surface area contributed by atoms with E-state index in [0.717, 1.165) is 41.8 Å². The first kappa shape index (κ1) is 24.8. The van der Waals surface area contributed by atoms with E-state index in [1.54, 1.807) is 18.3 Å². The summed E-state index contributed by atoms with van der Waals surface area (Å²) in [5.74, 6) is 0.336. The van der Waals surface area contributed by atoms with Gasteiger partial charge in [0.2, 0.25) is 0 Å². The SMILES string of the molecule is CCCCc1ncc(C(=O)N(Cc2cccc(C)c2)c2nn[nH]n2)n1Cc1ccc(C(=O)OC)cc1. The molecule has 0 spiro atoms. The number of tetrazole rings is 1. The molecule has 2 aromatic heterocycles. The van der Waals surface area contributed by atoms with Crippen LogP contribution in [0.3, 0.4) is 0 Å². The van der Waals surface area contributed by atoms with Crippen molar-refractivity contribution in [3.63, 3.8) is 0 Å². The number of imidazole rings is 1. The van der Waals surface area contributed by atoms with E-state index in [4.69, 9.17) is 4.74 Å². The van der Waals surface area contributed by atoms with Gasteiger partial charge in [-0.25, -0.2) is 9.78 Å². The number of nitrogens with one attached hydrogen (secondary N) is 1. The number of hydrogen-bond acceptors (Lipinski definition) is 7. The summed E-state index contributed by atoms with van der Waals surface area (Å²) in [5, 5.41) is 14.2. The van der Waals surface area contributed by atoms with Crippen molar-refractivity contribution in [3.8, 4) is 0 Å². The highest BCUT2D eigenvalue weighted by Crippen LogP contribution is 2.20. The standard InChI is InChI=1S/C26H29N7O3/c1-4-5-9-23-27-15-22(32(23)16-19-10-12-21(13-11-19)25(35)36-3)24(34)33(26-28-30-31-29-26)17-20-8-6-7-18(2)14-20/h6-8,10-15H,4-5,9,16-17H2,1-3H3,(H,28,29,30,31). The van der Waals surface area contributed by atoms with Gasteiger partial charge < -0.3 is 9.30 Å². The molecule has 0 atom stereocenters. The minimum atomic E-state index is -0.393. The fourth-order valence-corrected chi connectivity index (χ4v) is 3.98. The zero-order chi connectivity index (χ0) is 25.5. The van der Waals surface area contributed by atoms with E-state index < -0.39 is 5.97 Å². The number of aromatic nitrogens is 6. The Hall–Kier alpha value is -4.34. The monoisotopic (exact) mass is 487 g/mol.